The van der Waals surface area contributed by atoms with Crippen molar-refractivity contribution >= 4 is 32.3 Å². The second kappa shape index (κ2) is 5.68. The van der Waals surface area contributed by atoms with Crippen molar-refractivity contribution in [2.45, 2.75) is 31.0 Å². The lowest BCUT2D eigenvalue weighted by Gasteiger charge is -2.16. The van der Waals surface area contributed by atoms with Crippen LogP contribution >= 0.6 is 11.6 Å². The molecule has 0 spiro atoms. The molecule has 0 saturated carbocycles. The summed E-state index contributed by atoms with van der Waals surface area (Å²) in [6.45, 7) is 2.95. The Morgan fingerprint density at radius 3 is 2.60 bits per heavy atom. The van der Waals surface area contributed by atoms with Crippen LogP contribution in [0.4, 0.5) is 0 Å². The SMILES string of the molecule is CC(O)C(C)S(=O)(=O)Cc1cc2ccccc2nc1Cl. The Morgan fingerprint density at radius 1 is 1.30 bits per heavy atom. The van der Waals surface area contributed by atoms with Crippen LogP contribution in [0.25, 0.3) is 10.9 Å². The molecule has 1 aromatic heterocycles. The summed E-state index contributed by atoms with van der Waals surface area (Å²) in [7, 11) is -3.48. The Balaban J connectivity index is 2.41. The third-order valence-electron chi connectivity index (χ3n) is 3.35. The van der Waals surface area contributed by atoms with Gasteiger partial charge in [-0.1, -0.05) is 29.8 Å². The van der Waals surface area contributed by atoms with Gasteiger partial charge in [0.25, 0.3) is 0 Å². The third-order valence-corrected chi connectivity index (χ3v) is 5.92. The fraction of sp³-hybridized carbons (Fsp3) is 0.357. The van der Waals surface area contributed by atoms with Crippen LogP contribution in [0.1, 0.15) is 19.4 Å². The van der Waals surface area contributed by atoms with E-state index in [1.165, 1.54) is 13.8 Å². The molecule has 0 aliphatic carbocycles. The molecule has 2 atom stereocenters. The first kappa shape index (κ1) is 15.2. The van der Waals surface area contributed by atoms with E-state index in [2.05, 4.69) is 4.98 Å². The lowest BCUT2D eigenvalue weighted by atomic mass is 10.2. The van der Waals surface area contributed by atoms with E-state index in [0.717, 1.165) is 10.9 Å². The van der Waals surface area contributed by atoms with Gasteiger partial charge in [-0.25, -0.2) is 13.4 Å². The molecule has 0 amide bonds. The number of halogens is 1. The van der Waals surface area contributed by atoms with Gasteiger partial charge in [0, 0.05) is 10.9 Å². The maximum Gasteiger partial charge on any atom is 0.159 e. The molecule has 2 unspecified atom stereocenters. The van der Waals surface area contributed by atoms with Crippen molar-refractivity contribution in [2.24, 2.45) is 0 Å². The van der Waals surface area contributed by atoms with E-state index in [0.29, 0.717) is 5.56 Å². The smallest absolute Gasteiger partial charge is 0.159 e. The summed E-state index contributed by atoms with van der Waals surface area (Å²) in [5.41, 5.74) is 1.18. The number of benzene rings is 1. The molecular formula is C14H16ClNO3S. The van der Waals surface area contributed by atoms with E-state index < -0.39 is 21.2 Å². The zero-order valence-electron chi connectivity index (χ0n) is 11.2. The Kier molecular flexibility index (Phi) is 4.32. The van der Waals surface area contributed by atoms with Crippen molar-refractivity contribution in [3.8, 4) is 0 Å². The summed E-state index contributed by atoms with van der Waals surface area (Å²) >= 11 is 6.06. The molecular weight excluding hydrogens is 298 g/mol. The average Bonchev–Trinajstić information content (AvgIpc) is 2.38. The Morgan fingerprint density at radius 2 is 1.95 bits per heavy atom. The lowest BCUT2D eigenvalue weighted by Crippen LogP contribution is -2.30. The highest BCUT2D eigenvalue weighted by Crippen LogP contribution is 2.24. The van der Waals surface area contributed by atoms with Crippen molar-refractivity contribution in [2.75, 3.05) is 0 Å². The van der Waals surface area contributed by atoms with Gasteiger partial charge in [-0.2, -0.15) is 0 Å². The topological polar surface area (TPSA) is 67.3 Å². The van der Waals surface area contributed by atoms with E-state index >= 15 is 0 Å². The molecule has 1 heterocycles. The number of para-hydroxylation sites is 1. The normalized spacial score (nSPS) is 15.2. The molecule has 2 aromatic rings. The summed E-state index contributed by atoms with van der Waals surface area (Å²) in [6, 6.07) is 9.11. The van der Waals surface area contributed by atoms with Gasteiger partial charge < -0.3 is 5.11 Å². The number of nitrogens with zero attached hydrogens (tertiary/aromatic N) is 1. The van der Waals surface area contributed by atoms with Crippen LogP contribution in [-0.4, -0.2) is 29.9 Å². The quantitative estimate of drug-likeness (QED) is 0.881. The number of hydrogen-bond acceptors (Lipinski definition) is 4. The summed E-state index contributed by atoms with van der Waals surface area (Å²) in [5, 5.41) is 9.63. The maximum atomic E-state index is 12.2. The number of sulfone groups is 1. The zero-order chi connectivity index (χ0) is 14.9. The molecule has 0 aliphatic heterocycles. The standard InChI is InChI=1S/C14H16ClNO3S/c1-9(17)10(2)20(18,19)8-12-7-11-5-3-4-6-13(11)16-14(12)15/h3-7,9-10,17H,8H2,1-2H3. The average molecular weight is 314 g/mol. The predicted octanol–water partition coefficient (Wildman–Crippen LogP) is 2.57. The lowest BCUT2D eigenvalue weighted by molar-refractivity contribution is 0.193. The highest BCUT2D eigenvalue weighted by molar-refractivity contribution is 7.91. The fourth-order valence-electron chi connectivity index (χ4n) is 1.89. The van der Waals surface area contributed by atoms with E-state index in [1.807, 2.05) is 24.3 Å². The van der Waals surface area contributed by atoms with Crippen molar-refractivity contribution < 1.29 is 13.5 Å². The van der Waals surface area contributed by atoms with Crippen LogP contribution in [0.15, 0.2) is 30.3 Å². The first-order chi connectivity index (χ1) is 9.31. The van der Waals surface area contributed by atoms with Gasteiger partial charge >= 0.3 is 0 Å². The second-order valence-electron chi connectivity index (χ2n) is 4.88. The molecule has 6 heteroatoms. The molecule has 4 nitrogen and oxygen atoms in total. The number of aliphatic hydroxyl groups is 1. The number of aromatic nitrogens is 1. The monoisotopic (exact) mass is 313 g/mol. The van der Waals surface area contributed by atoms with Crippen LogP contribution in [0, 0.1) is 0 Å². The molecule has 2 rings (SSSR count). The molecule has 0 radical (unpaired) electrons. The Hall–Kier alpha value is -1.17. The van der Waals surface area contributed by atoms with Crippen molar-refractivity contribution in [3.63, 3.8) is 0 Å². The minimum Gasteiger partial charge on any atom is -0.392 e. The van der Waals surface area contributed by atoms with Gasteiger partial charge in [0.1, 0.15) is 5.15 Å². The number of pyridine rings is 1. The number of fused-ring (bicyclic) bond motifs is 1. The molecule has 0 fully saturated rings. The van der Waals surface area contributed by atoms with E-state index in [9.17, 15) is 13.5 Å². The van der Waals surface area contributed by atoms with E-state index in [-0.39, 0.29) is 10.9 Å². The van der Waals surface area contributed by atoms with Gasteiger partial charge in [-0.05, 0) is 26.0 Å². The molecule has 0 saturated heterocycles. The molecule has 1 aromatic carbocycles. The number of rotatable bonds is 4. The van der Waals surface area contributed by atoms with Crippen molar-refractivity contribution in [1.29, 1.82) is 0 Å². The Bertz CT molecular complexity index is 728. The minimum atomic E-state index is -3.48. The number of hydrogen-bond donors (Lipinski definition) is 1. The van der Waals surface area contributed by atoms with Crippen LogP contribution in [0.2, 0.25) is 5.15 Å². The van der Waals surface area contributed by atoms with Crippen LogP contribution < -0.4 is 0 Å². The molecule has 1 N–H and O–H groups in total. The largest absolute Gasteiger partial charge is 0.392 e. The van der Waals surface area contributed by atoms with Crippen molar-refractivity contribution in [1.82, 2.24) is 4.98 Å². The van der Waals surface area contributed by atoms with Gasteiger partial charge in [0.15, 0.2) is 9.84 Å². The van der Waals surface area contributed by atoms with E-state index in [1.54, 1.807) is 6.07 Å². The van der Waals surface area contributed by atoms with Crippen molar-refractivity contribution in [3.05, 3.63) is 41.0 Å². The van der Waals surface area contributed by atoms with Gasteiger partial charge in [-0.15, -0.1) is 0 Å². The zero-order valence-corrected chi connectivity index (χ0v) is 12.8. The minimum absolute atomic E-state index is 0.185. The van der Waals surface area contributed by atoms with Gasteiger partial charge in [0.05, 0.1) is 22.6 Å². The summed E-state index contributed by atoms with van der Waals surface area (Å²) < 4.78 is 24.4. The molecule has 108 valence electrons. The fourth-order valence-corrected chi connectivity index (χ4v) is 3.69. The summed E-state index contributed by atoms with van der Waals surface area (Å²) in [6.07, 6.45) is -0.924. The van der Waals surface area contributed by atoms with Crippen LogP contribution in [0.5, 0.6) is 0 Å². The number of aliphatic hydroxyl groups excluding tert-OH is 1. The highest BCUT2D eigenvalue weighted by atomic mass is 35.5. The predicted molar refractivity (Wildman–Crippen MR) is 80.5 cm³/mol. The van der Waals surface area contributed by atoms with Gasteiger partial charge in [-0.3, -0.25) is 0 Å². The Labute approximate surface area is 123 Å². The first-order valence-corrected chi connectivity index (χ1v) is 8.34. The van der Waals surface area contributed by atoms with Gasteiger partial charge in [0.2, 0.25) is 0 Å². The highest BCUT2D eigenvalue weighted by Gasteiger charge is 2.26. The summed E-state index contributed by atoms with van der Waals surface area (Å²) in [5.74, 6) is -0.226. The second-order valence-corrected chi connectivity index (χ2v) is 7.60. The molecule has 0 bridgehead atoms. The first-order valence-electron chi connectivity index (χ1n) is 6.25. The molecule has 20 heavy (non-hydrogen) atoms. The molecule has 0 aliphatic rings. The van der Waals surface area contributed by atoms with Crippen LogP contribution in [0.3, 0.4) is 0 Å². The maximum absolute atomic E-state index is 12.2. The van der Waals surface area contributed by atoms with E-state index in [4.69, 9.17) is 11.6 Å². The van der Waals surface area contributed by atoms with Crippen LogP contribution in [-0.2, 0) is 15.6 Å². The third kappa shape index (κ3) is 3.11. The summed E-state index contributed by atoms with van der Waals surface area (Å²) in [4.78, 5) is 4.20.